The lowest BCUT2D eigenvalue weighted by atomic mass is 10.1. The highest BCUT2D eigenvalue weighted by Crippen LogP contribution is 2.23. The minimum Gasteiger partial charge on any atom is -0.339 e. The van der Waals surface area contributed by atoms with Gasteiger partial charge in [0.15, 0.2) is 5.78 Å². The second-order valence-electron chi connectivity index (χ2n) is 6.43. The Morgan fingerprint density at radius 2 is 1.81 bits per heavy atom. The highest BCUT2D eigenvalue weighted by molar-refractivity contribution is 7.98. The Balaban J connectivity index is 2.05. The van der Waals surface area contributed by atoms with Gasteiger partial charge in [-0.25, -0.2) is 0 Å². The Bertz CT molecular complexity index is 766. The number of alkyl halides is 3. The van der Waals surface area contributed by atoms with Crippen molar-refractivity contribution < 1.29 is 18.0 Å². The molecule has 0 saturated heterocycles. The van der Waals surface area contributed by atoms with Crippen molar-refractivity contribution in [3.8, 4) is 0 Å². The van der Waals surface area contributed by atoms with Crippen LogP contribution in [0.1, 0.15) is 27.3 Å². The van der Waals surface area contributed by atoms with Crippen LogP contribution in [-0.4, -0.2) is 41.3 Å². The number of hydrogen-bond acceptors (Lipinski definition) is 3. The number of rotatable bonds is 7. The number of likely N-dealkylation sites (N-methyl/N-ethyl adjacent to an activating group) is 1. The molecule has 0 radical (unpaired) electrons. The van der Waals surface area contributed by atoms with Crippen molar-refractivity contribution in [2.24, 2.45) is 0 Å². The molecular weight excluding hydrogens is 361 g/mol. The van der Waals surface area contributed by atoms with Gasteiger partial charge < -0.3 is 4.57 Å². The maximum absolute atomic E-state index is 12.7. The number of aryl methyl sites for hydroxylation is 1. The first-order valence-corrected chi connectivity index (χ1v) is 9.41. The molecular formula is C19H23F3N2OS. The van der Waals surface area contributed by atoms with Crippen LogP contribution >= 0.6 is 11.8 Å². The molecule has 0 aliphatic heterocycles. The van der Waals surface area contributed by atoms with Gasteiger partial charge in [0, 0.05) is 28.4 Å². The fourth-order valence-electron chi connectivity index (χ4n) is 2.93. The third-order valence-electron chi connectivity index (χ3n) is 4.24. The van der Waals surface area contributed by atoms with Gasteiger partial charge >= 0.3 is 6.18 Å². The van der Waals surface area contributed by atoms with Gasteiger partial charge in [-0.1, -0.05) is 12.1 Å². The summed E-state index contributed by atoms with van der Waals surface area (Å²) in [6.45, 7) is 2.83. The Morgan fingerprint density at radius 3 is 2.35 bits per heavy atom. The normalized spacial score (nSPS) is 12.0. The van der Waals surface area contributed by atoms with Crippen LogP contribution in [0.4, 0.5) is 13.2 Å². The number of Topliss-reactive ketones (excluding diaryl/α,β-unsaturated/α-hetero) is 1. The molecule has 0 aliphatic carbocycles. The van der Waals surface area contributed by atoms with Crippen LogP contribution in [0, 0.1) is 13.8 Å². The molecule has 3 nitrogen and oxygen atoms in total. The van der Waals surface area contributed by atoms with E-state index < -0.39 is 12.7 Å². The maximum atomic E-state index is 12.7. The van der Waals surface area contributed by atoms with Crippen molar-refractivity contribution in [3.63, 3.8) is 0 Å². The second kappa shape index (κ2) is 8.31. The number of aromatic nitrogens is 1. The van der Waals surface area contributed by atoms with Gasteiger partial charge in [-0.05, 0) is 50.9 Å². The molecule has 0 aliphatic rings. The molecule has 1 aromatic heterocycles. The van der Waals surface area contributed by atoms with Gasteiger partial charge in [0.1, 0.15) is 6.54 Å². The molecule has 0 N–H and O–H groups in total. The quantitative estimate of drug-likeness (QED) is 0.511. The number of nitrogens with zero attached hydrogens (tertiary/aromatic N) is 2. The summed E-state index contributed by atoms with van der Waals surface area (Å²) in [4.78, 5) is 15.6. The molecule has 0 unspecified atom stereocenters. The van der Waals surface area contributed by atoms with Gasteiger partial charge in [0.05, 0.1) is 6.54 Å². The average molecular weight is 384 g/mol. The molecule has 142 valence electrons. The lowest BCUT2D eigenvalue weighted by molar-refractivity contribution is -0.141. The van der Waals surface area contributed by atoms with Crippen LogP contribution in [0.15, 0.2) is 35.2 Å². The summed E-state index contributed by atoms with van der Waals surface area (Å²) in [5.41, 5.74) is 2.25. The van der Waals surface area contributed by atoms with E-state index in [1.54, 1.807) is 31.7 Å². The summed E-state index contributed by atoms with van der Waals surface area (Å²) in [7, 11) is 1.83. The number of benzene rings is 1. The van der Waals surface area contributed by atoms with Crippen LogP contribution < -0.4 is 0 Å². The zero-order valence-corrected chi connectivity index (χ0v) is 16.2. The fourth-order valence-corrected chi connectivity index (χ4v) is 3.34. The second-order valence-corrected chi connectivity index (χ2v) is 7.31. The molecule has 0 saturated carbocycles. The van der Waals surface area contributed by atoms with E-state index in [-0.39, 0.29) is 12.3 Å². The molecule has 0 atom stereocenters. The van der Waals surface area contributed by atoms with Crippen molar-refractivity contribution in [2.45, 2.75) is 38.0 Å². The van der Waals surface area contributed by atoms with Crippen LogP contribution in [0.3, 0.4) is 0 Å². The largest absolute Gasteiger partial charge is 0.406 e. The molecule has 2 aromatic rings. The predicted molar refractivity (Wildman–Crippen MR) is 98.8 cm³/mol. The summed E-state index contributed by atoms with van der Waals surface area (Å²) in [5.74, 6) is -0.172. The molecule has 1 heterocycles. The first kappa shape index (κ1) is 20.6. The van der Waals surface area contributed by atoms with E-state index >= 15 is 0 Å². The Morgan fingerprint density at radius 1 is 1.19 bits per heavy atom. The number of carbonyl (C=O) groups excluding carboxylic acids is 1. The standard InChI is InChI=1S/C19H23F3N2OS/c1-13-9-17(14(2)24(13)12-19(20,21)22)18(25)11-23(3)10-15-5-7-16(26-4)8-6-15/h5-9H,10-12H2,1-4H3. The highest BCUT2D eigenvalue weighted by Gasteiger charge is 2.30. The molecule has 0 fully saturated rings. The summed E-state index contributed by atoms with van der Waals surface area (Å²) < 4.78 is 39.3. The lowest BCUT2D eigenvalue weighted by Crippen LogP contribution is -2.26. The fraction of sp³-hybridized carbons (Fsp3) is 0.421. The minimum absolute atomic E-state index is 0.153. The Labute approximate surface area is 156 Å². The van der Waals surface area contributed by atoms with Crippen LogP contribution in [-0.2, 0) is 13.1 Å². The smallest absolute Gasteiger partial charge is 0.339 e. The third kappa shape index (κ3) is 5.38. The zero-order chi connectivity index (χ0) is 19.5. The van der Waals surface area contributed by atoms with E-state index in [0.29, 0.717) is 23.5 Å². The summed E-state index contributed by atoms with van der Waals surface area (Å²) >= 11 is 1.66. The van der Waals surface area contributed by atoms with E-state index in [2.05, 4.69) is 0 Å². The van der Waals surface area contributed by atoms with Gasteiger partial charge in [0.25, 0.3) is 0 Å². The summed E-state index contributed by atoms with van der Waals surface area (Å²) in [5, 5.41) is 0. The first-order chi connectivity index (χ1) is 12.1. The van der Waals surface area contributed by atoms with E-state index in [4.69, 9.17) is 0 Å². The number of carbonyl (C=O) groups is 1. The number of ketones is 1. The van der Waals surface area contributed by atoms with Gasteiger partial charge in [-0.2, -0.15) is 13.2 Å². The van der Waals surface area contributed by atoms with Gasteiger partial charge in [0.2, 0.25) is 0 Å². The highest BCUT2D eigenvalue weighted by atomic mass is 32.2. The molecule has 0 amide bonds. The Hall–Kier alpha value is -1.73. The molecule has 1 aromatic carbocycles. The van der Waals surface area contributed by atoms with E-state index in [1.165, 1.54) is 4.90 Å². The lowest BCUT2D eigenvalue weighted by Gasteiger charge is -2.16. The molecule has 0 bridgehead atoms. The van der Waals surface area contributed by atoms with Crippen molar-refractivity contribution >= 4 is 17.5 Å². The SMILES string of the molecule is CSc1ccc(CN(C)CC(=O)c2cc(C)n(CC(F)(F)F)c2C)cc1. The van der Waals surface area contributed by atoms with E-state index in [9.17, 15) is 18.0 Å². The van der Waals surface area contributed by atoms with Gasteiger partial charge in [-0.15, -0.1) is 11.8 Å². The van der Waals surface area contributed by atoms with Crippen molar-refractivity contribution in [1.29, 1.82) is 0 Å². The van der Waals surface area contributed by atoms with Crippen molar-refractivity contribution in [3.05, 3.63) is 52.8 Å². The minimum atomic E-state index is -4.31. The molecule has 26 heavy (non-hydrogen) atoms. The van der Waals surface area contributed by atoms with Crippen LogP contribution in [0.5, 0.6) is 0 Å². The predicted octanol–water partition coefficient (Wildman–Crippen LogP) is 4.70. The molecule has 0 spiro atoms. The zero-order valence-electron chi connectivity index (χ0n) is 15.4. The third-order valence-corrected chi connectivity index (χ3v) is 4.98. The topological polar surface area (TPSA) is 25.2 Å². The number of halogens is 3. The first-order valence-electron chi connectivity index (χ1n) is 8.19. The van der Waals surface area contributed by atoms with Crippen molar-refractivity contribution in [2.75, 3.05) is 19.8 Å². The number of thioether (sulfide) groups is 1. The van der Waals surface area contributed by atoms with Gasteiger partial charge in [-0.3, -0.25) is 9.69 Å². The maximum Gasteiger partial charge on any atom is 0.406 e. The van der Waals surface area contributed by atoms with E-state index in [0.717, 1.165) is 10.1 Å². The Kier molecular flexibility index (Phi) is 6.58. The monoisotopic (exact) mass is 384 g/mol. The van der Waals surface area contributed by atoms with Crippen LogP contribution in [0.25, 0.3) is 0 Å². The van der Waals surface area contributed by atoms with E-state index in [1.807, 2.05) is 42.5 Å². The van der Waals surface area contributed by atoms with Crippen LogP contribution in [0.2, 0.25) is 0 Å². The van der Waals surface area contributed by atoms with Crippen molar-refractivity contribution in [1.82, 2.24) is 9.47 Å². The molecule has 2 rings (SSSR count). The molecule has 7 heteroatoms. The number of hydrogen-bond donors (Lipinski definition) is 0. The average Bonchev–Trinajstić information content (AvgIpc) is 2.82. The summed E-state index contributed by atoms with van der Waals surface area (Å²) in [6, 6.07) is 9.63. The summed E-state index contributed by atoms with van der Waals surface area (Å²) in [6.07, 6.45) is -2.30.